The molecule has 2 amide bonds. The van der Waals surface area contributed by atoms with Crippen molar-refractivity contribution < 1.29 is 9.21 Å². The van der Waals surface area contributed by atoms with E-state index in [9.17, 15) is 4.79 Å². The molecule has 1 aromatic heterocycles. The molecular formula is C19H25N3O2. The number of para-hydroxylation sites is 1. The number of aryl methyl sites for hydroxylation is 2. The molecule has 0 unspecified atom stereocenters. The van der Waals surface area contributed by atoms with Gasteiger partial charge in [-0.3, -0.25) is 0 Å². The van der Waals surface area contributed by atoms with Crippen molar-refractivity contribution in [2.24, 2.45) is 0 Å². The highest BCUT2D eigenvalue weighted by Crippen LogP contribution is 2.26. The molecule has 0 aliphatic carbocycles. The lowest BCUT2D eigenvalue weighted by Gasteiger charge is -2.37. The van der Waals surface area contributed by atoms with Crippen LogP contribution in [0, 0.1) is 6.92 Å². The maximum absolute atomic E-state index is 12.3. The van der Waals surface area contributed by atoms with Gasteiger partial charge >= 0.3 is 6.03 Å². The maximum Gasteiger partial charge on any atom is 0.317 e. The maximum atomic E-state index is 12.3. The highest BCUT2D eigenvalue weighted by molar-refractivity contribution is 5.74. The minimum Gasteiger partial charge on any atom is -0.467 e. The van der Waals surface area contributed by atoms with Crippen LogP contribution in [0.3, 0.4) is 0 Å². The number of furan rings is 1. The van der Waals surface area contributed by atoms with Gasteiger partial charge in [-0.25, -0.2) is 4.79 Å². The summed E-state index contributed by atoms with van der Waals surface area (Å²) in [6.45, 7) is 8.00. The predicted molar refractivity (Wildman–Crippen MR) is 95.3 cm³/mol. The first-order chi connectivity index (χ1) is 11.7. The third-order valence-electron chi connectivity index (χ3n) is 4.58. The lowest BCUT2D eigenvalue weighted by molar-refractivity contribution is 0.193. The fraction of sp³-hybridized carbons (Fsp3) is 0.421. The number of nitrogens with zero attached hydrogens (tertiary/aromatic N) is 2. The number of rotatable bonds is 4. The van der Waals surface area contributed by atoms with Gasteiger partial charge in [-0.2, -0.15) is 0 Å². The summed E-state index contributed by atoms with van der Waals surface area (Å²) in [6, 6.07) is 10.2. The molecule has 2 heterocycles. The Morgan fingerprint density at radius 3 is 2.62 bits per heavy atom. The molecule has 5 heteroatoms. The Morgan fingerprint density at radius 2 is 1.96 bits per heavy atom. The quantitative estimate of drug-likeness (QED) is 0.938. The van der Waals surface area contributed by atoms with Crippen LogP contribution in [-0.4, -0.2) is 37.1 Å². The van der Waals surface area contributed by atoms with Crippen LogP contribution in [0.1, 0.15) is 23.8 Å². The van der Waals surface area contributed by atoms with Gasteiger partial charge in [0.25, 0.3) is 0 Å². The first kappa shape index (κ1) is 16.4. The van der Waals surface area contributed by atoms with Crippen LogP contribution in [0.15, 0.2) is 41.0 Å². The Hall–Kier alpha value is -2.43. The number of benzene rings is 1. The van der Waals surface area contributed by atoms with E-state index < -0.39 is 0 Å². The van der Waals surface area contributed by atoms with E-state index in [1.54, 1.807) is 6.26 Å². The molecule has 3 rings (SSSR count). The molecule has 1 fully saturated rings. The fourth-order valence-electron chi connectivity index (χ4n) is 3.28. The first-order valence-electron chi connectivity index (χ1n) is 8.57. The molecular weight excluding hydrogens is 302 g/mol. The van der Waals surface area contributed by atoms with Gasteiger partial charge in [0.1, 0.15) is 5.76 Å². The van der Waals surface area contributed by atoms with Gasteiger partial charge in [-0.15, -0.1) is 0 Å². The van der Waals surface area contributed by atoms with E-state index in [0.29, 0.717) is 6.54 Å². The van der Waals surface area contributed by atoms with E-state index in [-0.39, 0.29) is 6.03 Å². The molecule has 0 atom stereocenters. The minimum atomic E-state index is -0.0217. The summed E-state index contributed by atoms with van der Waals surface area (Å²) in [5.41, 5.74) is 4.03. The lowest BCUT2D eigenvalue weighted by Crippen LogP contribution is -2.52. The second-order valence-electron chi connectivity index (χ2n) is 6.15. The van der Waals surface area contributed by atoms with Crippen LogP contribution in [0.4, 0.5) is 10.5 Å². The molecule has 2 aromatic rings. The van der Waals surface area contributed by atoms with Gasteiger partial charge in [-0.05, 0) is 36.6 Å². The zero-order valence-electron chi connectivity index (χ0n) is 14.4. The van der Waals surface area contributed by atoms with Gasteiger partial charge in [0.05, 0.1) is 12.8 Å². The summed E-state index contributed by atoms with van der Waals surface area (Å²) in [7, 11) is 0. The number of carbonyl (C=O) groups excluding carboxylic acids is 1. The monoisotopic (exact) mass is 327 g/mol. The smallest absolute Gasteiger partial charge is 0.317 e. The summed E-state index contributed by atoms with van der Waals surface area (Å²) >= 11 is 0. The third-order valence-corrected chi connectivity index (χ3v) is 4.58. The number of hydrogen-bond donors (Lipinski definition) is 1. The van der Waals surface area contributed by atoms with E-state index in [1.807, 2.05) is 17.0 Å². The average Bonchev–Trinajstić information content (AvgIpc) is 3.13. The molecule has 1 aromatic carbocycles. The van der Waals surface area contributed by atoms with Gasteiger partial charge < -0.3 is 19.5 Å². The van der Waals surface area contributed by atoms with Crippen LogP contribution in [0.25, 0.3) is 0 Å². The summed E-state index contributed by atoms with van der Waals surface area (Å²) in [6.07, 6.45) is 2.65. The van der Waals surface area contributed by atoms with Gasteiger partial charge in [0, 0.05) is 31.9 Å². The topological polar surface area (TPSA) is 48.7 Å². The van der Waals surface area contributed by atoms with Crippen molar-refractivity contribution in [3.8, 4) is 0 Å². The lowest BCUT2D eigenvalue weighted by atomic mass is 10.0. The standard InChI is InChI=1S/C19H25N3O2/c1-3-16-7-4-6-15(2)18(16)21-9-11-22(12-10-21)19(23)20-14-17-8-5-13-24-17/h4-8,13H,3,9-12,14H2,1-2H3,(H,20,23). The molecule has 1 N–H and O–H groups in total. The van der Waals surface area contributed by atoms with Gasteiger partial charge in [0.2, 0.25) is 0 Å². The summed E-state index contributed by atoms with van der Waals surface area (Å²) in [5, 5.41) is 2.92. The van der Waals surface area contributed by atoms with Crippen molar-refractivity contribution in [1.82, 2.24) is 10.2 Å². The SMILES string of the molecule is CCc1cccc(C)c1N1CCN(C(=O)NCc2ccco2)CC1. The van der Waals surface area contributed by atoms with Gasteiger partial charge in [-0.1, -0.05) is 25.1 Å². The number of piperazine rings is 1. The molecule has 1 saturated heterocycles. The Kier molecular flexibility index (Phi) is 5.08. The molecule has 1 aliphatic rings. The number of anilines is 1. The molecule has 0 bridgehead atoms. The summed E-state index contributed by atoms with van der Waals surface area (Å²) in [4.78, 5) is 16.6. The number of carbonyl (C=O) groups is 1. The van der Waals surface area contributed by atoms with Crippen LogP contribution in [0.2, 0.25) is 0 Å². The Balaban J connectivity index is 1.57. The summed E-state index contributed by atoms with van der Waals surface area (Å²) in [5.74, 6) is 0.773. The van der Waals surface area contributed by atoms with E-state index >= 15 is 0 Å². The molecule has 0 spiro atoms. The van der Waals surface area contributed by atoms with Crippen molar-refractivity contribution in [3.05, 3.63) is 53.5 Å². The zero-order chi connectivity index (χ0) is 16.9. The number of nitrogens with one attached hydrogen (secondary N) is 1. The number of hydrogen-bond acceptors (Lipinski definition) is 3. The van der Waals surface area contributed by atoms with E-state index in [2.05, 4.69) is 42.3 Å². The normalized spacial score (nSPS) is 14.8. The molecule has 0 radical (unpaired) electrons. The largest absolute Gasteiger partial charge is 0.467 e. The van der Waals surface area contributed by atoms with E-state index in [4.69, 9.17) is 4.42 Å². The van der Waals surface area contributed by atoms with Crippen molar-refractivity contribution in [1.29, 1.82) is 0 Å². The van der Waals surface area contributed by atoms with Crippen LogP contribution in [0.5, 0.6) is 0 Å². The molecule has 128 valence electrons. The molecule has 0 saturated carbocycles. The Bertz CT molecular complexity index is 674. The molecule has 5 nitrogen and oxygen atoms in total. The fourth-order valence-corrected chi connectivity index (χ4v) is 3.28. The van der Waals surface area contributed by atoms with Crippen molar-refractivity contribution in [2.45, 2.75) is 26.8 Å². The first-order valence-corrected chi connectivity index (χ1v) is 8.57. The van der Waals surface area contributed by atoms with E-state index in [0.717, 1.165) is 38.4 Å². The summed E-state index contributed by atoms with van der Waals surface area (Å²) < 4.78 is 5.24. The number of urea groups is 1. The second kappa shape index (κ2) is 7.43. The Morgan fingerprint density at radius 1 is 1.17 bits per heavy atom. The highest BCUT2D eigenvalue weighted by atomic mass is 16.3. The van der Waals surface area contributed by atoms with Crippen molar-refractivity contribution in [3.63, 3.8) is 0 Å². The average molecular weight is 327 g/mol. The minimum absolute atomic E-state index is 0.0217. The number of amides is 2. The molecule has 1 aliphatic heterocycles. The van der Waals surface area contributed by atoms with Crippen LogP contribution in [-0.2, 0) is 13.0 Å². The van der Waals surface area contributed by atoms with Crippen molar-refractivity contribution >= 4 is 11.7 Å². The van der Waals surface area contributed by atoms with Crippen LogP contribution >= 0.6 is 0 Å². The highest BCUT2D eigenvalue weighted by Gasteiger charge is 2.23. The second-order valence-corrected chi connectivity index (χ2v) is 6.15. The van der Waals surface area contributed by atoms with Gasteiger partial charge in [0.15, 0.2) is 0 Å². The van der Waals surface area contributed by atoms with E-state index in [1.165, 1.54) is 16.8 Å². The van der Waals surface area contributed by atoms with Crippen molar-refractivity contribution in [2.75, 3.05) is 31.1 Å². The van der Waals surface area contributed by atoms with Crippen LogP contribution < -0.4 is 10.2 Å². The third kappa shape index (κ3) is 3.55. The zero-order valence-corrected chi connectivity index (χ0v) is 14.4. The molecule has 24 heavy (non-hydrogen) atoms. The predicted octanol–water partition coefficient (Wildman–Crippen LogP) is 3.18. The Labute approximate surface area is 143 Å².